The highest BCUT2D eigenvalue weighted by molar-refractivity contribution is 6.33. The van der Waals surface area contributed by atoms with Crippen LogP contribution in [0.2, 0.25) is 5.02 Å². The molecule has 20 heavy (non-hydrogen) atoms. The number of nitrogens with zero attached hydrogens (tertiary/aromatic N) is 4. The van der Waals surface area contributed by atoms with Crippen molar-refractivity contribution in [3.05, 3.63) is 29.4 Å². The monoisotopic (exact) mass is 290 g/mol. The molecule has 3 rings (SSSR count). The first-order valence-electron chi connectivity index (χ1n) is 5.71. The number of hydrogen-bond donors (Lipinski definition) is 2. The summed E-state index contributed by atoms with van der Waals surface area (Å²) in [5, 5.41) is 8.14. The molecule has 4 N–H and O–H groups in total. The molecule has 0 spiro atoms. The van der Waals surface area contributed by atoms with Gasteiger partial charge in [-0.2, -0.15) is 0 Å². The minimum absolute atomic E-state index is 0.227. The van der Waals surface area contributed by atoms with Crippen LogP contribution in [0.3, 0.4) is 0 Å². The minimum atomic E-state index is 0.227. The molecule has 0 fully saturated rings. The van der Waals surface area contributed by atoms with E-state index in [1.165, 1.54) is 0 Å². The molecule has 2 heterocycles. The molecule has 7 nitrogen and oxygen atoms in total. The molecule has 0 aliphatic rings. The van der Waals surface area contributed by atoms with Crippen LogP contribution in [0.5, 0.6) is 5.75 Å². The van der Waals surface area contributed by atoms with Crippen molar-refractivity contribution >= 4 is 29.0 Å². The van der Waals surface area contributed by atoms with Crippen molar-refractivity contribution in [2.24, 2.45) is 0 Å². The molecule has 0 radical (unpaired) electrons. The molecular weight excluding hydrogens is 280 g/mol. The van der Waals surface area contributed by atoms with Gasteiger partial charge in [-0.15, -0.1) is 10.2 Å². The average molecular weight is 291 g/mol. The van der Waals surface area contributed by atoms with Gasteiger partial charge in [0.2, 0.25) is 11.6 Å². The third-order valence-electron chi connectivity index (χ3n) is 2.89. The molecule has 1 aromatic carbocycles. The molecule has 0 saturated carbocycles. The normalized spacial score (nSPS) is 10.9. The quantitative estimate of drug-likeness (QED) is 0.743. The Morgan fingerprint density at radius 2 is 2.05 bits per heavy atom. The van der Waals surface area contributed by atoms with Crippen LogP contribution in [0.4, 0.5) is 11.8 Å². The lowest BCUT2D eigenvalue weighted by atomic mass is 10.1. The smallest absolute Gasteiger partial charge is 0.226 e. The van der Waals surface area contributed by atoms with E-state index >= 15 is 0 Å². The zero-order valence-electron chi connectivity index (χ0n) is 10.5. The van der Waals surface area contributed by atoms with E-state index in [0.29, 0.717) is 27.7 Å². The van der Waals surface area contributed by atoms with Gasteiger partial charge in [-0.1, -0.05) is 11.6 Å². The van der Waals surface area contributed by atoms with Crippen LogP contribution in [-0.4, -0.2) is 26.7 Å². The first kappa shape index (κ1) is 12.5. The van der Waals surface area contributed by atoms with Gasteiger partial charge in [0.25, 0.3) is 0 Å². The van der Waals surface area contributed by atoms with Gasteiger partial charge in [0.05, 0.1) is 17.8 Å². The van der Waals surface area contributed by atoms with Crippen molar-refractivity contribution in [3.8, 4) is 17.0 Å². The highest BCUT2D eigenvalue weighted by Gasteiger charge is 2.13. The van der Waals surface area contributed by atoms with Gasteiger partial charge < -0.3 is 16.2 Å². The highest BCUT2D eigenvalue weighted by Crippen LogP contribution is 2.31. The maximum Gasteiger partial charge on any atom is 0.226 e. The van der Waals surface area contributed by atoms with Crippen LogP contribution in [0.25, 0.3) is 16.9 Å². The van der Waals surface area contributed by atoms with E-state index in [-0.39, 0.29) is 11.8 Å². The summed E-state index contributed by atoms with van der Waals surface area (Å²) in [5.41, 5.74) is 13.3. The lowest BCUT2D eigenvalue weighted by molar-refractivity contribution is 0.415. The number of rotatable bonds is 2. The lowest BCUT2D eigenvalue weighted by Crippen LogP contribution is -2.01. The van der Waals surface area contributed by atoms with Crippen LogP contribution in [-0.2, 0) is 0 Å². The van der Waals surface area contributed by atoms with Crippen LogP contribution >= 0.6 is 11.6 Å². The van der Waals surface area contributed by atoms with Crippen LogP contribution < -0.4 is 16.2 Å². The summed E-state index contributed by atoms with van der Waals surface area (Å²) in [4.78, 5) is 4.28. The molecule has 102 valence electrons. The first-order valence-corrected chi connectivity index (χ1v) is 6.08. The fourth-order valence-corrected chi connectivity index (χ4v) is 2.11. The van der Waals surface area contributed by atoms with E-state index in [1.54, 1.807) is 35.9 Å². The molecule has 3 aromatic rings. The van der Waals surface area contributed by atoms with Gasteiger partial charge >= 0.3 is 0 Å². The summed E-state index contributed by atoms with van der Waals surface area (Å²) in [6.45, 7) is 0. The molecule has 0 bridgehead atoms. The number of benzene rings is 1. The Hall–Kier alpha value is -2.54. The summed E-state index contributed by atoms with van der Waals surface area (Å²) in [6, 6.07) is 5.27. The largest absolute Gasteiger partial charge is 0.497 e. The Morgan fingerprint density at radius 1 is 1.25 bits per heavy atom. The first-order chi connectivity index (χ1) is 9.60. The van der Waals surface area contributed by atoms with E-state index in [2.05, 4.69) is 15.2 Å². The number of aromatic nitrogens is 4. The lowest BCUT2D eigenvalue weighted by Gasteiger charge is -2.08. The van der Waals surface area contributed by atoms with E-state index in [1.807, 2.05) is 0 Å². The van der Waals surface area contributed by atoms with E-state index in [4.69, 9.17) is 27.8 Å². The second kappa shape index (κ2) is 4.53. The van der Waals surface area contributed by atoms with Gasteiger partial charge in [0.1, 0.15) is 5.75 Å². The summed E-state index contributed by atoms with van der Waals surface area (Å²) < 4.78 is 6.75. The molecule has 8 heteroatoms. The van der Waals surface area contributed by atoms with Gasteiger partial charge in [-0.25, -0.2) is 4.98 Å². The number of ether oxygens (including phenoxy) is 1. The Morgan fingerprint density at radius 3 is 2.80 bits per heavy atom. The zero-order chi connectivity index (χ0) is 14.3. The van der Waals surface area contributed by atoms with Gasteiger partial charge in [-0.3, -0.25) is 4.40 Å². The van der Waals surface area contributed by atoms with Crippen LogP contribution in [0, 0.1) is 0 Å². The van der Waals surface area contributed by atoms with Crippen LogP contribution in [0.15, 0.2) is 24.4 Å². The van der Waals surface area contributed by atoms with Crippen molar-refractivity contribution in [2.75, 3.05) is 18.6 Å². The summed E-state index contributed by atoms with van der Waals surface area (Å²) >= 11 is 6.20. The molecule has 0 saturated heterocycles. The van der Waals surface area contributed by atoms with Gasteiger partial charge in [0, 0.05) is 11.8 Å². The summed E-state index contributed by atoms with van der Waals surface area (Å²) in [5.74, 6) is 1.13. The Balaban J connectivity index is 2.26. The highest BCUT2D eigenvalue weighted by atomic mass is 35.5. The maximum absolute atomic E-state index is 6.20. The molecule has 0 unspecified atom stereocenters. The number of hydrogen-bond acceptors (Lipinski definition) is 6. The van der Waals surface area contributed by atoms with Crippen molar-refractivity contribution < 1.29 is 4.74 Å². The summed E-state index contributed by atoms with van der Waals surface area (Å²) in [7, 11) is 1.58. The predicted molar refractivity (Wildman–Crippen MR) is 76.6 cm³/mol. The average Bonchev–Trinajstić information content (AvgIpc) is 2.82. The molecule has 0 atom stereocenters. The Labute approximate surface area is 119 Å². The maximum atomic E-state index is 6.20. The van der Waals surface area contributed by atoms with Crippen LogP contribution in [0.1, 0.15) is 0 Å². The summed E-state index contributed by atoms with van der Waals surface area (Å²) in [6.07, 6.45) is 1.68. The van der Waals surface area contributed by atoms with Crippen molar-refractivity contribution in [2.45, 2.75) is 0 Å². The Bertz CT molecular complexity index is 800. The van der Waals surface area contributed by atoms with Crippen molar-refractivity contribution in [1.82, 2.24) is 19.6 Å². The molecule has 0 aliphatic heterocycles. The fraction of sp³-hybridized carbons (Fsp3) is 0.0833. The number of methoxy groups -OCH3 is 1. The number of anilines is 2. The molecule has 2 aromatic heterocycles. The number of fused-ring (bicyclic) bond motifs is 1. The number of halogens is 1. The van der Waals surface area contributed by atoms with E-state index < -0.39 is 0 Å². The fourth-order valence-electron chi connectivity index (χ4n) is 1.89. The minimum Gasteiger partial charge on any atom is -0.497 e. The predicted octanol–water partition coefficient (Wildman–Crippen LogP) is 1.62. The molecular formula is C12H11ClN6O. The standard InChI is InChI=1S/C12H11ClN6O/c1-20-6-2-3-8(13)7(4-6)9-5-19-11(10(14)16-9)17-18-12(19)15/h2-5H,1H3,(H2,14,16)(H2,15,18). The van der Waals surface area contributed by atoms with Gasteiger partial charge in [-0.05, 0) is 18.2 Å². The number of nitrogen functional groups attached to an aromatic ring is 2. The van der Waals surface area contributed by atoms with Crippen molar-refractivity contribution in [3.63, 3.8) is 0 Å². The van der Waals surface area contributed by atoms with Gasteiger partial charge in [0.15, 0.2) is 5.82 Å². The second-order valence-electron chi connectivity index (χ2n) is 4.11. The van der Waals surface area contributed by atoms with Crippen molar-refractivity contribution in [1.29, 1.82) is 0 Å². The SMILES string of the molecule is COc1ccc(Cl)c(-c2cn3c(N)nnc3c(N)n2)c1. The third kappa shape index (κ3) is 1.88. The second-order valence-corrected chi connectivity index (χ2v) is 4.52. The van der Waals surface area contributed by atoms with E-state index in [9.17, 15) is 0 Å². The Kier molecular flexibility index (Phi) is 2.83. The molecule has 0 amide bonds. The number of nitrogens with two attached hydrogens (primary N) is 2. The zero-order valence-corrected chi connectivity index (χ0v) is 11.3. The molecule has 0 aliphatic carbocycles. The van der Waals surface area contributed by atoms with E-state index in [0.717, 1.165) is 0 Å². The third-order valence-corrected chi connectivity index (χ3v) is 3.22. The topological polar surface area (TPSA) is 104 Å².